The molecule has 6 nitrogen and oxygen atoms in total. The van der Waals surface area contributed by atoms with Crippen LogP contribution in [0.1, 0.15) is 16.7 Å². The van der Waals surface area contributed by atoms with E-state index in [0.717, 1.165) is 27.5 Å². The third-order valence-corrected chi connectivity index (χ3v) is 6.63. The van der Waals surface area contributed by atoms with Crippen LogP contribution in [-0.2, 0) is 11.3 Å². The molecule has 0 aliphatic heterocycles. The van der Waals surface area contributed by atoms with Gasteiger partial charge in [-0.05, 0) is 54.4 Å². The van der Waals surface area contributed by atoms with Gasteiger partial charge in [-0.25, -0.2) is 10.4 Å². The number of hydrogen-bond acceptors (Lipinski definition) is 5. The van der Waals surface area contributed by atoms with Crippen LogP contribution in [0.3, 0.4) is 0 Å². The Labute approximate surface area is 220 Å². The second-order valence-electron chi connectivity index (χ2n) is 8.52. The van der Waals surface area contributed by atoms with Gasteiger partial charge >= 0.3 is 0 Å². The van der Waals surface area contributed by atoms with Crippen LogP contribution in [0.4, 0.5) is 0 Å². The number of fused-ring (bicyclic) bond motifs is 1. The van der Waals surface area contributed by atoms with Gasteiger partial charge in [0, 0.05) is 0 Å². The van der Waals surface area contributed by atoms with Crippen molar-refractivity contribution in [1.82, 2.24) is 15.0 Å². The largest absolute Gasteiger partial charge is 0.457 e. The fourth-order valence-electron chi connectivity index (χ4n) is 3.82. The SMILES string of the molecule is Cc1ccc(Cn2c(SCC(=O)N/N=C/c3cccc(Oc4ccccc4)c3)nc3ccccc32)cc1. The van der Waals surface area contributed by atoms with Gasteiger partial charge in [0.1, 0.15) is 11.5 Å². The first-order valence-electron chi connectivity index (χ1n) is 11.9. The average molecular weight is 507 g/mol. The summed E-state index contributed by atoms with van der Waals surface area (Å²) < 4.78 is 8.01. The molecule has 1 heterocycles. The standard InChI is InChI=1S/C30H26N4O2S/c1-22-14-16-23(17-15-22)20-34-28-13-6-5-12-27(28)32-30(34)37-21-29(35)33-31-19-24-8-7-11-26(18-24)36-25-9-3-2-4-10-25/h2-19H,20-21H2,1H3,(H,33,35)/b31-19+. The topological polar surface area (TPSA) is 68.5 Å². The van der Waals surface area contributed by atoms with Gasteiger partial charge in [0.15, 0.2) is 5.16 Å². The van der Waals surface area contributed by atoms with Crippen LogP contribution in [0.2, 0.25) is 0 Å². The van der Waals surface area contributed by atoms with Crippen LogP contribution < -0.4 is 10.2 Å². The third-order valence-electron chi connectivity index (χ3n) is 5.65. The lowest BCUT2D eigenvalue weighted by Crippen LogP contribution is -2.20. The van der Waals surface area contributed by atoms with Crippen molar-refractivity contribution in [3.05, 3.63) is 120 Å². The van der Waals surface area contributed by atoms with E-state index in [4.69, 9.17) is 9.72 Å². The Bertz CT molecular complexity index is 1530. The van der Waals surface area contributed by atoms with Crippen LogP contribution in [0, 0.1) is 6.92 Å². The third kappa shape index (κ3) is 6.45. The summed E-state index contributed by atoms with van der Waals surface area (Å²) in [5, 5.41) is 4.92. The van der Waals surface area contributed by atoms with Crippen molar-refractivity contribution < 1.29 is 9.53 Å². The molecule has 0 unspecified atom stereocenters. The summed E-state index contributed by atoms with van der Waals surface area (Å²) in [4.78, 5) is 17.3. The van der Waals surface area contributed by atoms with Crippen molar-refractivity contribution >= 4 is 34.9 Å². The Balaban J connectivity index is 1.21. The van der Waals surface area contributed by atoms with E-state index in [9.17, 15) is 4.79 Å². The summed E-state index contributed by atoms with van der Waals surface area (Å²) in [6.07, 6.45) is 1.60. The maximum Gasteiger partial charge on any atom is 0.250 e. The first kappa shape index (κ1) is 24.3. The Morgan fingerprint density at radius 3 is 2.54 bits per heavy atom. The number of para-hydroxylation sites is 3. The second kappa shape index (κ2) is 11.6. The van der Waals surface area contributed by atoms with Crippen molar-refractivity contribution in [3.63, 3.8) is 0 Å². The van der Waals surface area contributed by atoms with Gasteiger partial charge in [-0.15, -0.1) is 0 Å². The van der Waals surface area contributed by atoms with Gasteiger partial charge in [-0.1, -0.05) is 84.1 Å². The summed E-state index contributed by atoms with van der Waals surface area (Å²) in [7, 11) is 0. The van der Waals surface area contributed by atoms with Crippen LogP contribution in [0.5, 0.6) is 11.5 Å². The molecule has 1 aromatic heterocycles. The number of hydrogen-bond donors (Lipinski definition) is 1. The highest BCUT2D eigenvalue weighted by Gasteiger charge is 2.13. The van der Waals surface area contributed by atoms with E-state index in [1.807, 2.05) is 72.8 Å². The zero-order chi connectivity index (χ0) is 25.5. The number of imidazole rings is 1. The fourth-order valence-corrected chi connectivity index (χ4v) is 4.62. The number of hydrazone groups is 1. The summed E-state index contributed by atoms with van der Waals surface area (Å²) in [5.74, 6) is 1.46. The highest BCUT2D eigenvalue weighted by molar-refractivity contribution is 7.99. The lowest BCUT2D eigenvalue weighted by molar-refractivity contribution is -0.118. The minimum Gasteiger partial charge on any atom is -0.457 e. The van der Waals surface area contributed by atoms with Crippen molar-refractivity contribution in [2.75, 3.05) is 5.75 Å². The van der Waals surface area contributed by atoms with E-state index < -0.39 is 0 Å². The number of aromatic nitrogens is 2. The van der Waals surface area contributed by atoms with E-state index in [-0.39, 0.29) is 11.7 Å². The normalized spacial score (nSPS) is 11.2. The summed E-state index contributed by atoms with van der Waals surface area (Å²) in [6, 6.07) is 33.6. The highest BCUT2D eigenvalue weighted by Crippen LogP contribution is 2.25. The molecule has 1 N–H and O–H groups in total. The molecule has 0 aliphatic carbocycles. The smallest absolute Gasteiger partial charge is 0.250 e. The quantitative estimate of drug-likeness (QED) is 0.142. The fraction of sp³-hybridized carbons (Fsp3) is 0.100. The molecule has 0 fully saturated rings. The number of amides is 1. The molecule has 4 aromatic carbocycles. The number of benzene rings is 4. The van der Waals surface area contributed by atoms with Gasteiger partial charge in [-0.3, -0.25) is 4.79 Å². The van der Waals surface area contributed by atoms with Crippen molar-refractivity contribution in [2.24, 2.45) is 5.10 Å². The van der Waals surface area contributed by atoms with Crippen molar-refractivity contribution in [2.45, 2.75) is 18.6 Å². The number of carbonyl (C=O) groups is 1. The van der Waals surface area contributed by atoms with E-state index in [1.165, 1.54) is 22.9 Å². The zero-order valence-corrected chi connectivity index (χ0v) is 21.2. The molecule has 5 rings (SSSR count). The number of carbonyl (C=O) groups excluding carboxylic acids is 1. The maximum atomic E-state index is 12.5. The highest BCUT2D eigenvalue weighted by atomic mass is 32.2. The number of rotatable bonds is 9. The Morgan fingerprint density at radius 1 is 0.946 bits per heavy atom. The molecular weight excluding hydrogens is 480 g/mol. The van der Waals surface area contributed by atoms with E-state index in [2.05, 4.69) is 52.3 Å². The summed E-state index contributed by atoms with van der Waals surface area (Å²) in [6.45, 7) is 2.76. The minimum absolute atomic E-state index is 0.200. The molecular formula is C30H26N4O2S. The van der Waals surface area contributed by atoms with Crippen LogP contribution in [0.15, 0.2) is 113 Å². The predicted octanol–water partition coefficient (Wildman–Crippen LogP) is 6.43. The van der Waals surface area contributed by atoms with Gasteiger partial charge in [-0.2, -0.15) is 5.10 Å². The number of nitrogens with zero attached hydrogens (tertiary/aromatic N) is 3. The Morgan fingerprint density at radius 2 is 1.70 bits per heavy atom. The Hall–Kier alpha value is -4.36. The van der Waals surface area contributed by atoms with Gasteiger partial charge < -0.3 is 9.30 Å². The lowest BCUT2D eigenvalue weighted by Gasteiger charge is -2.09. The summed E-state index contributed by atoms with van der Waals surface area (Å²) >= 11 is 1.40. The molecule has 37 heavy (non-hydrogen) atoms. The molecule has 0 bridgehead atoms. The first-order chi connectivity index (χ1) is 18.1. The molecule has 1 amide bonds. The molecule has 0 radical (unpaired) electrons. The van der Waals surface area contributed by atoms with E-state index in [0.29, 0.717) is 12.3 Å². The lowest BCUT2D eigenvalue weighted by atomic mass is 10.1. The summed E-state index contributed by atoms with van der Waals surface area (Å²) in [5.41, 5.74) is 7.79. The van der Waals surface area contributed by atoms with Crippen LogP contribution >= 0.6 is 11.8 Å². The van der Waals surface area contributed by atoms with Gasteiger partial charge in [0.2, 0.25) is 0 Å². The number of ether oxygens (including phenoxy) is 1. The van der Waals surface area contributed by atoms with E-state index in [1.54, 1.807) is 6.21 Å². The van der Waals surface area contributed by atoms with Crippen molar-refractivity contribution in [3.8, 4) is 11.5 Å². The van der Waals surface area contributed by atoms with Gasteiger partial charge in [0.25, 0.3) is 5.91 Å². The molecule has 0 aliphatic rings. The van der Waals surface area contributed by atoms with Crippen molar-refractivity contribution in [1.29, 1.82) is 0 Å². The number of nitrogens with one attached hydrogen (secondary N) is 1. The molecule has 7 heteroatoms. The number of thioether (sulfide) groups is 1. The molecule has 0 saturated carbocycles. The average Bonchev–Trinajstić information content (AvgIpc) is 3.27. The molecule has 5 aromatic rings. The predicted molar refractivity (Wildman–Crippen MR) is 149 cm³/mol. The van der Waals surface area contributed by atoms with Crippen LogP contribution in [-0.4, -0.2) is 27.4 Å². The Kier molecular flexibility index (Phi) is 7.62. The van der Waals surface area contributed by atoms with E-state index >= 15 is 0 Å². The minimum atomic E-state index is -0.202. The van der Waals surface area contributed by atoms with Crippen LogP contribution in [0.25, 0.3) is 11.0 Å². The maximum absolute atomic E-state index is 12.5. The molecule has 0 saturated heterocycles. The molecule has 0 atom stereocenters. The zero-order valence-electron chi connectivity index (χ0n) is 20.4. The monoisotopic (exact) mass is 506 g/mol. The first-order valence-corrected chi connectivity index (χ1v) is 12.9. The molecule has 184 valence electrons. The second-order valence-corrected chi connectivity index (χ2v) is 9.47. The van der Waals surface area contributed by atoms with Gasteiger partial charge in [0.05, 0.1) is 29.5 Å². The number of aryl methyl sites for hydroxylation is 1. The molecule has 0 spiro atoms.